The molecular weight excluding hydrogens is 339 g/mol. The molecule has 1 aliphatic rings. The summed E-state index contributed by atoms with van der Waals surface area (Å²) in [7, 11) is 0. The van der Waals surface area contributed by atoms with Gasteiger partial charge in [0.1, 0.15) is 0 Å². The molecule has 0 aliphatic carbocycles. The van der Waals surface area contributed by atoms with Gasteiger partial charge in [-0.15, -0.1) is 24.8 Å². The third kappa shape index (κ3) is 8.01. The second kappa shape index (κ2) is 12.6. The molecule has 8 heteroatoms. The van der Waals surface area contributed by atoms with E-state index in [2.05, 4.69) is 5.10 Å². The number of ether oxygens (including phenoxy) is 1. The summed E-state index contributed by atoms with van der Waals surface area (Å²) in [6, 6.07) is 1.90. The lowest BCUT2D eigenvalue weighted by atomic mass is 10.1. The molecule has 1 aromatic rings. The van der Waals surface area contributed by atoms with E-state index in [9.17, 15) is 4.79 Å². The molecule has 2 N–H and O–H groups in total. The molecule has 1 aliphatic heterocycles. The first-order valence-corrected chi connectivity index (χ1v) is 7.86. The van der Waals surface area contributed by atoms with Gasteiger partial charge in [0.05, 0.1) is 19.3 Å². The maximum Gasteiger partial charge on any atom is 0.222 e. The Morgan fingerprint density at radius 3 is 2.74 bits per heavy atom. The number of rotatable bonds is 8. The van der Waals surface area contributed by atoms with E-state index in [1.165, 1.54) is 0 Å². The van der Waals surface area contributed by atoms with Crippen molar-refractivity contribution < 1.29 is 9.53 Å². The van der Waals surface area contributed by atoms with E-state index in [0.717, 1.165) is 32.2 Å². The number of nitrogens with zero attached hydrogens (tertiary/aromatic N) is 3. The normalized spacial score (nSPS) is 17.3. The Kier molecular flexibility index (Phi) is 12.1. The Labute approximate surface area is 150 Å². The highest BCUT2D eigenvalue weighted by atomic mass is 35.5. The van der Waals surface area contributed by atoms with Crippen molar-refractivity contribution in [1.82, 2.24) is 14.7 Å². The van der Waals surface area contributed by atoms with Gasteiger partial charge >= 0.3 is 0 Å². The molecule has 0 spiro atoms. The number of morpholine rings is 1. The van der Waals surface area contributed by atoms with E-state index >= 15 is 0 Å². The van der Waals surface area contributed by atoms with Gasteiger partial charge in [0, 0.05) is 31.9 Å². The van der Waals surface area contributed by atoms with Crippen LogP contribution in [0.5, 0.6) is 0 Å². The maximum atomic E-state index is 12.2. The Morgan fingerprint density at radius 2 is 2.04 bits per heavy atom. The molecule has 0 bridgehead atoms. The molecule has 23 heavy (non-hydrogen) atoms. The lowest BCUT2D eigenvalue weighted by molar-refractivity contribution is -0.139. The highest BCUT2D eigenvalue weighted by molar-refractivity contribution is 5.85. The molecule has 1 saturated heterocycles. The van der Waals surface area contributed by atoms with Crippen molar-refractivity contribution in [2.24, 2.45) is 5.73 Å². The Bertz CT molecular complexity index is 418. The van der Waals surface area contributed by atoms with Crippen molar-refractivity contribution >= 4 is 30.7 Å². The Morgan fingerprint density at radius 1 is 1.26 bits per heavy atom. The largest absolute Gasteiger partial charge is 0.373 e. The number of carbonyl (C=O) groups excluding carboxylic acids is 1. The molecule has 2 heterocycles. The minimum Gasteiger partial charge on any atom is -0.373 e. The number of amides is 1. The molecule has 1 fully saturated rings. The summed E-state index contributed by atoms with van der Waals surface area (Å²) in [5.41, 5.74) is 5.46. The summed E-state index contributed by atoms with van der Waals surface area (Å²) in [6.07, 6.45) is 8.57. The summed E-state index contributed by atoms with van der Waals surface area (Å²) >= 11 is 0. The molecule has 1 atom stereocenters. The lowest BCUT2D eigenvalue weighted by Crippen LogP contribution is -2.47. The standard InChI is InChI=1S/C15H26N4O2.2ClH/c16-7-4-2-1-3-6-15(20)18-10-11-21-14(12-18)13-19-9-5-8-17-19;;/h5,8-9,14H,1-4,6-7,10-13,16H2;2*1H. The Balaban J connectivity index is 0.00000242. The predicted octanol–water partition coefficient (Wildman–Crippen LogP) is 1.86. The number of nitrogens with two attached hydrogens (primary N) is 1. The van der Waals surface area contributed by atoms with Crippen molar-refractivity contribution in [3.8, 4) is 0 Å². The molecule has 1 aromatic heterocycles. The van der Waals surface area contributed by atoms with Crippen LogP contribution in [-0.4, -0.2) is 52.9 Å². The first-order chi connectivity index (χ1) is 10.3. The summed E-state index contributed by atoms with van der Waals surface area (Å²) in [5.74, 6) is 0.247. The van der Waals surface area contributed by atoms with Crippen LogP contribution in [0.3, 0.4) is 0 Å². The van der Waals surface area contributed by atoms with E-state index in [4.69, 9.17) is 10.5 Å². The summed E-state index contributed by atoms with van der Waals surface area (Å²) in [5, 5.41) is 4.18. The molecule has 134 valence electrons. The Hall–Kier alpha value is -0.820. The van der Waals surface area contributed by atoms with Crippen LogP contribution >= 0.6 is 24.8 Å². The second-order valence-electron chi connectivity index (χ2n) is 5.51. The smallest absolute Gasteiger partial charge is 0.222 e. The quantitative estimate of drug-likeness (QED) is 0.712. The highest BCUT2D eigenvalue weighted by Gasteiger charge is 2.24. The monoisotopic (exact) mass is 366 g/mol. The van der Waals surface area contributed by atoms with E-state index in [1.807, 2.05) is 21.8 Å². The van der Waals surface area contributed by atoms with Gasteiger partial charge in [-0.05, 0) is 25.5 Å². The summed E-state index contributed by atoms with van der Waals surface area (Å²) < 4.78 is 7.57. The topological polar surface area (TPSA) is 73.4 Å². The van der Waals surface area contributed by atoms with Crippen LogP contribution in [-0.2, 0) is 16.1 Å². The number of carbonyl (C=O) groups is 1. The average molecular weight is 367 g/mol. The molecule has 1 amide bonds. The highest BCUT2D eigenvalue weighted by Crippen LogP contribution is 2.11. The van der Waals surface area contributed by atoms with Crippen LogP contribution in [0.2, 0.25) is 0 Å². The summed E-state index contributed by atoms with van der Waals surface area (Å²) in [6.45, 7) is 3.43. The van der Waals surface area contributed by atoms with Crippen molar-refractivity contribution in [1.29, 1.82) is 0 Å². The predicted molar refractivity (Wildman–Crippen MR) is 95.2 cm³/mol. The minimum atomic E-state index is 0. The maximum absolute atomic E-state index is 12.2. The minimum absolute atomic E-state index is 0. The van der Waals surface area contributed by atoms with Crippen molar-refractivity contribution in [2.75, 3.05) is 26.2 Å². The fourth-order valence-corrected chi connectivity index (χ4v) is 2.61. The van der Waals surface area contributed by atoms with Crippen molar-refractivity contribution in [3.63, 3.8) is 0 Å². The molecule has 1 unspecified atom stereocenters. The molecule has 0 radical (unpaired) electrons. The number of aromatic nitrogens is 2. The van der Waals surface area contributed by atoms with Crippen LogP contribution in [0, 0.1) is 0 Å². The van der Waals surface area contributed by atoms with Crippen LogP contribution in [0.1, 0.15) is 32.1 Å². The second-order valence-corrected chi connectivity index (χ2v) is 5.51. The van der Waals surface area contributed by atoms with Gasteiger partial charge in [-0.3, -0.25) is 9.48 Å². The van der Waals surface area contributed by atoms with Gasteiger partial charge in [0.25, 0.3) is 0 Å². The zero-order chi connectivity index (χ0) is 14.9. The van der Waals surface area contributed by atoms with Crippen LogP contribution in [0.4, 0.5) is 0 Å². The molecule has 0 saturated carbocycles. The van der Waals surface area contributed by atoms with Gasteiger partial charge in [-0.25, -0.2) is 0 Å². The van der Waals surface area contributed by atoms with E-state index in [-0.39, 0.29) is 36.8 Å². The molecular formula is C15H28Cl2N4O2. The van der Waals surface area contributed by atoms with E-state index in [1.54, 1.807) is 6.20 Å². The third-order valence-corrected chi connectivity index (χ3v) is 3.79. The van der Waals surface area contributed by atoms with Crippen LogP contribution in [0.15, 0.2) is 18.5 Å². The first-order valence-electron chi connectivity index (χ1n) is 7.86. The molecule has 6 nitrogen and oxygen atoms in total. The fourth-order valence-electron chi connectivity index (χ4n) is 2.61. The van der Waals surface area contributed by atoms with Gasteiger partial charge in [0.15, 0.2) is 0 Å². The van der Waals surface area contributed by atoms with Gasteiger partial charge < -0.3 is 15.4 Å². The summed E-state index contributed by atoms with van der Waals surface area (Å²) in [4.78, 5) is 14.1. The van der Waals surface area contributed by atoms with Gasteiger partial charge in [-0.1, -0.05) is 12.8 Å². The van der Waals surface area contributed by atoms with Gasteiger partial charge in [-0.2, -0.15) is 5.10 Å². The van der Waals surface area contributed by atoms with Gasteiger partial charge in [0.2, 0.25) is 5.91 Å². The lowest BCUT2D eigenvalue weighted by Gasteiger charge is -2.33. The molecule has 2 rings (SSSR count). The number of unbranched alkanes of at least 4 members (excludes halogenated alkanes) is 3. The zero-order valence-corrected chi connectivity index (χ0v) is 15.1. The zero-order valence-electron chi connectivity index (χ0n) is 13.4. The fraction of sp³-hybridized carbons (Fsp3) is 0.733. The SMILES string of the molecule is Cl.Cl.NCCCCCCC(=O)N1CCOC(Cn2cccn2)C1. The number of halogens is 2. The number of hydrogen-bond acceptors (Lipinski definition) is 4. The van der Waals surface area contributed by atoms with Crippen LogP contribution in [0.25, 0.3) is 0 Å². The average Bonchev–Trinajstić information content (AvgIpc) is 3.00. The van der Waals surface area contributed by atoms with E-state index in [0.29, 0.717) is 32.7 Å². The van der Waals surface area contributed by atoms with Crippen molar-refractivity contribution in [3.05, 3.63) is 18.5 Å². The first kappa shape index (κ1) is 22.2. The van der Waals surface area contributed by atoms with Crippen molar-refractivity contribution in [2.45, 2.75) is 44.8 Å². The number of hydrogen-bond donors (Lipinski definition) is 1. The van der Waals surface area contributed by atoms with Crippen LogP contribution < -0.4 is 5.73 Å². The molecule has 0 aromatic carbocycles. The van der Waals surface area contributed by atoms with E-state index < -0.39 is 0 Å². The third-order valence-electron chi connectivity index (χ3n) is 3.79.